The van der Waals surface area contributed by atoms with Gasteiger partial charge in [0.15, 0.2) is 0 Å². The molecule has 0 aliphatic rings. The molecule has 0 bridgehead atoms. The van der Waals surface area contributed by atoms with Crippen molar-refractivity contribution < 1.29 is 14.3 Å². The molecule has 2 amide bonds. The zero-order valence-electron chi connectivity index (χ0n) is 18.7. The maximum absolute atomic E-state index is 12.5. The zero-order valence-corrected chi connectivity index (χ0v) is 19.5. The van der Waals surface area contributed by atoms with Gasteiger partial charge in [-0.25, -0.2) is 0 Å². The molecule has 0 aliphatic heterocycles. The van der Waals surface area contributed by atoms with E-state index in [1.807, 2.05) is 91.0 Å². The summed E-state index contributed by atoms with van der Waals surface area (Å²) in [6.45, 7) is -0.128. The van der Waals surface area contributed by atoms with E-state index in [0.717, 1.165) is 26.7 Å². The number of ether oxygens (including phenoxy) is 1. The number of hydrogen-bond acceptors (Lipinski definition) is 4. The van der Waals surface area contributed by atoms with Gasteiger partial charge in [0.05, 0.1) is 19.3 Å². The van der Waals surface area contributed by atoms with Crippen molar-refractivity contribution in [2.24, 2.45) is 0 Å². The predicted octanol–water partition coefficient (Wildman–Crippen LogP) is 5.88. The smallest absolute Gasteiger partial charge is 0.251 e. The third-order valence-electron chi connectivity index (χ3n) is 5.09. The Kier molecular flexibility index (Phi) is 7.63. The Labute approximate surface area is 203 Å². The Balaban J connectivity index is 1.35. The average Bonchev–Trinajstić information content (AvgIpc) is 2.89. The van der Waals surface area contributed by atoms with Crippen molar-refractivity contribution >= 4 is 29.3 Å². The van der Waals surface area contributed by atoms with Crippen LogP contribution in [0.4, 0.5) is 5.69 Å². The van der Waals surface area contributed by atoms with E-state index in [0.29, 0.717) is 11.3 Å². The Bertz CT molecular complexity index is 1270. The van der Waals surface area contributed by atoms with Crippen molar-refractivity contribution in [3.05, 3.63) is 109 Å². The van der Waals surface area contributed by atoms with Crippen LogP contribution in [-0.2, 0) is 4.79 Å². The van der Waals surface area contributed by atoms with Crippen molar-refractivity contribution in [2.45, 2.75) is 9.79 Å². The number of para-hydroxylation sites is 1. The molecule has 0 spiro atoms. The molecule has 0 radical (unpaired) electrons. The fourth-order valence-electron chi connectivity index (χ4n) is 3.35. The molecule has 5 nitrogen and oxygen atoms in total. The molecule has 0 aromatic heterocycles. The minimum absolute atomic E-state index is 0.128. The molecule has 0 unspecified atom stereocenters. The average molecular weight is 469 g/mol. The lowest BCUT2D eigenvalue weighted by Gasteiger charge is -2.12. The second kappa shape index (κ2) is 11.2. The van der Waals surface area contributed by atoms with E-state index in [4.69, 9.17) is 4.74 Å². The lowest BCUT2D eigenvalue weighted by Crippen LogP contribution is -2.32. The van der Waals surface area contributed by atoms with Crippen molar-refractivity contribution in [2.75, 3.05) is 19.0 Å². The first-order valence-electron chi connectivity index (χ1n) is 10.8. The van der Waals surface area contributed by atoms with Gasteiger partial charge in [-0.1, -0.05) is 72.4 Å². The molecule has 0 atom stereocenters. The van der Waals surface area contributed by atoms with Crippen molar-refractivity contribution in [3.8, 4) is 16.9 Å². The van der Waals surface area contributed by atoms with E-state index in [1.54, 1.807) is 19.2 Å². The largest absolute Gasteiger partial charge is 0.497 e. The number of amides is 2. The second-order valence-electron chi connectivity index (χ2n) is 7.45. The van der Waals surface area contributed by atoms with Gasteiger partial charge in [-0.3, -0.25) is 9.59 Å². The van der Waals surface area contributed by atoms with Crippen molar-refractivity contribution in [1.29, 1.82) is 0 Å². The van der Waals surface area contributed by atoms with Crippen LogP contribution in [0.5, 0.6) is 5.75 Å². The fraction of sp³-hybridized carbons (Fsp3) is 0.0714. The lowest BCUT2D eigenvalue weighted by atomic mass is 10.0. The molecular formula is C28H24N2O3S. The van der Waals surface area contributed by atoms with Gasteiger partial charge >= 0.3 is 0 Å². The molecule has 0 fully saturated rings. The summed E-state index contributed by atoms with van der Waals surface area (Å²) in [4.78, 5) is 26.9. The third-order valence-corrected chi connectivity index (χ3v) is 6.16. The third kappa shape index (κ3) is 6.05. The SMILES string of the molecule is COc1cccc(Sc2ccccc2NC(=O)CNC(=O)c2ccc(-c3ccccc3)cc2)c1. The van der Waals surface area contributed by atoms with Gasteiger partial charge in [0.2, 0.25) is 5.91 Å². The van der Waals surface area contributed by atoms with Gasteiger partial charge in [0.1, 0.15) is 5.75 Å². The normalized spacial score (nSPS) is 10.4. The van der Waals surface area contributed by atoms with E-state index in [2.05, 4.69) is 10.6 Å². The van der Waals surface area contributed by atoms with E-state index in [-0.39, 0.29) is 18.4 Å². The molecule has 0 saturated carbocycles. The van der Waals surface area contributed by atoms with Crippen molar-refractivity contribution in [1.82, 2.24) is 5.32 Å². The van der Waals surface area contributed by atoms with Crippen LogP contribution in [0.1, 0.15) is 10.4 Å². The van der Waals surface area contributed by atoms with Crippen molar-refractivity contribution in [3.63, 3.8) is 0 Å². The molecule has 0 aliphatic carbocycles. The van der Waals surface area contributed by atoms with Crippen LogP contribution in [0, 0.1) is 0 Å². The number of benzene rings is 4. The second-order valence-corrected chi connectivity index (χ2v) is 8.57. The number of rotatable bonds is 8. The summed E-state index contributed by atoms with van der Waals surface area (Å²) in [6, 6.07) is 32.5. The summed E-state index contributed by atoms with van der Waals surface area (Å²) in [7, 11) is 1.63. The van der Waals surface area contributed by atoms with Crippen LogP contribution < -0.4 is 15.4 Å². The highest BCUT2D eigenvalue weighted by Gasteiger charge is 2.11. The minimum atomic E-state index is -0.298. The first-order chi connectivity index (χ1) is 16.6. The number of methoxy groups -OCH3 is 1. The highest BCUT2D eigenvalue weighted by atomic mass is 32.2. The number of carbonyl (C=O) groups is 2. The van der Waals surface area contributed by atoms with Crippen LogP contribution in [0.25, 0.3) is 11.1 Å². The van der Waals surface area contributed by atoms with Gasteiger partial charge < -0.3 is 15.4 Å². The van der Waals surface area contributed by atoms with Gasteiger partial charge in [-0.05, 0) is 53.6 Å². The van der Waals surface area contributed by atoms with Crippen LogP contribution in [0.15, 0.2) is 113 Å². The molecule has 34 heavy (non-hydrogen) atoms. The van der Waals surface area contributed by atoms with Crippen LogP contribution in [-0.4, -0.2) is 25.5 Å². The summed E-state index contributed by atoms with van der Waals surface area (Å²) >= 11 is 1.52. The summed E-state index contributed by atoms with van der Waals surface area (Å²) in [6.07, 6.45) is 0. The molecule has 4 aromatic carbocycles. The van der Waals surface area contributed by atoms with Gasteiger partial charge in [0, 0.05) is 15.4 Å². The maximum atomic E-state index is 12.5. The minimum Gasteiger partial charge on any atom is -0.497 e. The van der Waals surface area contributed by atoms with Gasteiger partial charge in [0.25, 0.3) is 5.91 Å². The number of anilines is 1. The van der Waals surface area contributed by atoms with E-state index < -0.39 is 0 Å². The topological polar surface area (TPSA) is 67.4 Å². The molecule has 0 saturated heterocycles. The highest BCUT2D eigenvalue weighted by Crippen LogP contribution is 2.34. The number of hydrogen-bond donors (Lipinski definition) is 2. The highest BCUT2D eigenvalue weighted by molar-refractivity contribution is 7.99. The molecule has 170 valence electrons. The van der Waals surface area contributed by atoms with Crippen LogP contribution >= 0.6 is 11.8 Å². The molecule has 0 heterocycles. The molecule has 4 rings (SSSR count). The van der Waals surface area contributed by atoms with Crippen LogP contribution in [0.2, 0.25) is 0 Å². The summed E-state index contributed by atoms with van der Waals surface area (Å²) < 4.78 is 5.28. The summed E-state index contributed by atoms with van der Waals surface area (Å²) in [5.74, 6) is 0.174. The fourth-order valence-corrected chi connectivity index (χ4v) is 4.30. The van der Waals surface area contributed by atoms with Gasteiger partial charge in [-0.15, -0.1) is 0 Å². The van der Waals surface area contributed by atoms with E-state index in [1.165, 1.54) is 11.8 Å². The Hall–Kier alpha value is -4.03. The van der Waals surface area contributed by atoms with Crippen LogP contribution in [0.3, 0.4) is 0 Å². The number of nitrogens with one attached hydrogen (secondary N) is 2. The van der Waals surface area contributed by atoms with E-state index in [9.17, 15) is 9.59 Å². The lowest BCUT2D eigenvalue weighted by molar-refractivity contribution is -0.115. The number of carbonyl (C=O) groups excluding carboxylic acids is 2. The Morgan fingerprint density at radius 2 is 1.50 bits per heavy atom. The summed E-state index contributed by atoms with van der Waals surface area (Å²) in [5, 5.41) is 5.58. The predicted molar refractivity (Wildman–Crippen MR) is 136 cm³/mol. The summed E-state index contributed by atoms with van der Waals surface area (Å²) in [5.41, 5.74) is 3.29. The molecule has 4 aromatic rings. The zero-order chi connectivity index (χ0) is 23.8. The first-order valence-corrected chi connectivity index (χ1v) is 11.6. The quantitative estimate of drug-likeness (QED) is 0.339. The standard InChI is InChI=1S/C28H24N2O3S/c1-33-23-10-7-11-24(18-23)34-26-13-6-5-12-25(26)30-27(31)19-29-28(32)22-16-14-21(15-17-22)20-8-3-2-4-9-20/h2-18H,19H2,1H3,(H,29,32)(H,30,31). The molecule has 6 heteroatoms. The molecular weight excluding hydrogens is 444 g/mol. The maximum Gasteiger partial charge on any atom is 0.251 e. The molecule has 2 N–H and O–H groups in total. The van der Waals surface area contributed by atoms with E-state index >= 15 is 0 Å². The Morgan fingerprint density at radius 3 is 2.26 bits per heavy atom. The van der Waals surface area contributed by atoms with Gasteiger partial charge in [-0.2, -0.15) is 0 Å². The Morgan fingerprint density at radius 1 is 0.794 bits per heavy atom. The monoisotopic (exact) mass is 468 g/mol. The first kappa shape index (κ1) is 23.1.